The largest absolute Gasteiger partial charge is 0.307 e. The van der Waals surface area contributed by atoms with E-state index >= 15 is 9.59 Å². The summed E-state index contributed by atoms with van der Waals surface area (Å²) in [4.78, 5) is 37.2. The lowest BCUT2D eigenvalue weighted by atomic mass is 9.90. The zero-order valence-electron chi connectivity index (χ0n) is 40.0. The van der Waals surface area contributed by atoms with Gasteiger partial charge in [-0.3, -0.25) is 9.59 Å². The number of carbonyl (C=O) groups is 2. The van der Waals surface area contributed by atoms with Gasteiger partial charge in [0.2, 0.25) is 0 Å². The highest BCUT2D eigenvalue weighted by atomic mass is 32.2. The summed E-state index contributed by atoms with van der Waals surface area (Å²) in [6.45, 7) is 10.2. The van der Waals surface area contributed by atoms with Gasteiger partial charge in [0.05, 0.1) is 42.5 Å². The van der Waals surface area contributed by atoms with Crippen LogP contribution in [0.3, 0.4) is 0 Å². The number of carbonyl (C=O) groups excluding carboxylic acids is 2. The predicted octanol–water partition coefficient (Wildman–Crippen LogP) is 17.2. The minimum absolute atomic E-state index is 0.0232. The molecule has 4 aliphatic heterocycles. The Morgan fingerprint density at radius 1 is 0.470 bits per heavy atom. The monoisotopic (exact) mass is 956 g/mol. The number of hydrogen-bond acceptors (Lipinski definition) is 6. The van der Waals surface area contributed by atoms with Gasteiger partial charge in [0.15, 0.2) is 0 Å². The lowest BCUT2D eigenvalue weighted by Crippen LogP contribution is -2.31. The fourth-order valence-corrected chi connectivity index (χ4v) is 15.5. The molecular weight excluding hydrogens is 885 g/mol. The lowest BCUT2D eigenvalue weighted by molar-refractivity contribution is -0.124. The lowest BCUT2D eigenvalue weighted by Gasteiger charge is -2.30. The highest BCUT2D eigenvalue weighted by Crippen LogP contribution is 2.58. The minimum Gasteiger partial charge on any atom is -0.307 e. The fourth-order valence-electron chi connectivity index (χ4n) is 10.5. The van der Waals surface area contributed by atoms with Gasteiger partial charge >= 0.3 is 0 Å². The van der Waals surface area contributed by atoms with Crippen LogP contribution < -0.4 is 0 Å². The molecule has 4 aromatic rings. The van der Waals surface area contributed by atoms with Crippen LogP contribution in [0.15, 0.2) is 119 Å². The fraction of sp³-hybridized carbons (Fsp3) is 0.483. The van der Waals surface area contributed by atoms with Crippen LogP contribution in [-0.2, 0) is 19.1 Å². The highest BCUT2D eigenvalue weighted by Gasteiger charge is 2.49. The number of fused-ring (bicyclic) bond motifs is 1. The van der Waals surface area contributed by atoms with Crippen LogP contribution in [0.5, 0.6) is 0 Å². The Labute approximate surface area is 413 Å². The first kappa shape index (κ1) is 48.9. The molecule has 0 bridgehead atoms. The Balaban J connectivity index is 1.17. The molecule has 0 saturated carbocycles. The van der Waals surface area contributed by atoms with Gasteiger partial charge in [0, 0.05) is 22.8 Å². The molecule has 8 rings (SSSR count). The second-order valence-corrected chi connectivity index (χ2v) is 23.8. The third-order valence-corrected chi connectivity index (χ3v) is 19.7. The maximum Gasteiger partial charge on any atom is 0.261 e. The number of amides is 2. The molecule has 2 amide bonds. The zero-order chi connectivity index (χ0) is 45.9. The van der Waals surface area contributed by atoms with E-state index in [1.54, 1.807) is 0 Å². The van der Waals surface area contributed by atoms with Crippen LogP contribution >= 0.6 is 46.2 Å². The van der Waals surface area contributed by atoms with Gasteiger partial charge < -0.3 is 9.80 Å². The molecule has 350 valence electrons. The van der Waals surface area contributed by atoms with Gasteiger partial charge in [-0.1, -0.05) is 203 Å². The zero-order valence-corrected chi connectivity index (χ0v) is 43.3. The molecule has 0 radical (unpaired) electrons. The Hall–Kier alpha value is -3.56. The van der Waals surface area contributed by atoms with Gasteiger partial charge in [0.25, 0.3) is 11.8 Å². The molecule has 2 aromatic carbocycles. The summed E-state index contributed by atoms with van der Waals surface area (Å²) in [5.74, 6) is -0.0463. The quantitative estimate of drug-likeness (QED) is 0.0464. The van der Waals surface area contributed by atoms with Crippen molar-refractivity contribution >= 4 is 69.4 Å². The average Bonchev–Trinajstić information content (AvgIpc) is 4.22. The molecule has 0 aliphatic carbocycles. The Bertz CT molecular complexity index is 2180. The summed E-state index contributed by atoms with van der Waals surface area (Å²) in [7, 11) is 0. The van der Waals surface area contributed by atoms with Crippen LogP contribution in [0, 0.1) is 0 Å². The number of thioether (sulfide) groups is 2. The maximum atomic E-state index is 15.2. The summed E-state index contributed by atoms with van der Waals surface area (Å²) < 4.78 is -0.225. The van der Waals surface area contributed by atoms with Crippen molar-refractivity contribution in [2.45, 2.75) is 163 Å². The van der Waals surface area contributed by atoms with E-state index in [0.717, 1.165) is 86.7 Å². The smallest absolute Gasteiger partial charge is 0.261 e. The van der Waals surface area contributed by atoms with Gasteiger partial charge in [-0.05, 0) is 70.8 Å². The predicted molar refractivity (Wildman–Crippen MR) is 287 cm³/mol. The van der Waals surface area contributed by atoms with Crippen molar-refractivity contribution in [2.75, 3.05) is 13.1 Å². The Morgan fingerprint density at radius 3 is 1.20 bits per heavy atom. The average molecular weight is 957 g/mol. The van der Waals surface area contributed by atoms with E-state index in [4.69, 9.17) is 0 Å². The number of nitrogens with zero attached hydrogens (tertiary/aromatic N) is 2. The highest BCUT2D eigenvalue weighted by molar-refractivity contribution is 8.01. The van der Waals surface area contributed by atoms with Crippen molar-refractivity contribution in [1.29, 1.82) is 0 Å². The minimum atomic E-state index is -0.112. The van der Waals surface area contributed by atoms with E-state index in [2.05, 4.69) is 159 Å². The topological polar surface area (TPSA) is 40.6 Å². The molecule has 4 unspecified atom stereocenters. The molecular formula is C58H72N2O2S4. The van der Waals surface area contributed by atoms with Crippen LogP contribution in [-0.4, -0.2) is 34.7 Å². The summed E-state index contributed by atoms with van der Waals surface area (Å²) in [5, 5.41) is 5.07. The molecule has 4 aliphatic rings. The van der Waals surface area contributed by atoms with Gasteiger partial charge in [-0.2, -0.15) is 0 Å². The van der Waals surface area contributed by atoms with Gasteiger partial charge in [0.1, 0.15) is 0 Å². The van der Waals surface area contributed by atoms with E-state index in [0.29, 0.717) is 34.7 Å². The number of unbranched alkanes of at least 4 members (excludes halogenated alkanes) is 12. The molecule has 0 N–H and O–H groups in total. The van der Waals surface area contributed by atoms with Crippen molar-refractivity contribution in [3.05, 3.63) is 151 Å². The summed E-state index contributed by atoms with van der Waals surface area (Å²) in [6.07, 6.45) is 30.2. The van der Waals surface area contributed by atoms with E-state index in [1.807, 2.05) is 32.5 Å². The molecule has 0 fully saturated rings. The number of hydrogen-bond donors (Lipinski definition) is 0. The first-order valence-corrected chi connectivity index (χ1v) is 29.0. The first-order valence-electron chi connectivity index (χ1n) is 25.5. The second-order valence-electron chi connectivity index (χ2n) is 18.9. The van der Waals surface area contributed by atoms with Crippen LogP contribution in [0.25, 0.3) is 11.4 Å². The summed E-state index contributed by atoms with van der Waals surface area (Å²) in [6, 6.07) is 26.9. The number of thiophene rings is 2. The van der Waals surface area contributed by atoms with Crippen LogP contribution in [0.1, 0.15) is 186 Å². The Kier molecular flexibility index (Phi) is 17.2. The third-order valence-electron chi connectivity index (χ3n) is 14.2. The molecule has 4 atom stereocenters. The van der Waals surface area contributed by atoms with Crippen LogP contribution in [0.2, 0.25) is 0 Å². The molecule has 2 aromatic heterocycles. The first-order chi connectivity index (χ1) is 32.4. The summed E-state index contributed by atoms with van der Waals surface area (Å²) in [5.41, 5.74) is 7.33. The van der Waals surface area contributed by atoms with Crippen molar-refractivity contribution in [3.63, 3.8) is 0 Å². The molecule has 4 nitrogen and oxygen atoms in total. The maximum absolute atomic E-state index is 15.2. The molecule has 8 heteroatoms. The van der Waals surface area contributed by atoms with Crippen molar-refractivity contribution in [2.24, 2.45) is 0 Å². The van der Waals surface area contributed by atoms with Crippen LogP contribution in [0.4, 0.5) is 0 Å². The van der Waals surface area contributed by atoms with Crippen molar-refractivity contribution < 1.29 is 9.59 Å². The van der Waals surface area contributed by atoms with Gasteiger partial charge in [-0.15, -0.1) is 46.2 Å². The van der Waals surface area contributed by atoms with Crippen molar-refractivity contribution in [3.8, 4) is 0 Å². The SMILES string of the molecule is CCCCCCN1C(=O)C2=C(c3ccc(C4(CCCCCC)C=CC(c5cccs5)S4)cc3)N(CCCCCC)C(=O)C2=C1c1ccc(C2(CCCCCC)C=CC(c3cccs3)S2)cc1. The third kappa shape index (κ3) is 10.5. The Morgan fingerprint density at radius 2 is 0.848 bits per heavy atom. The molecule has 0 saturated heterocycles. The van der Waals surface area contributed by atoms with Gasteiger partial charge in [-0.25, -0.2) is 0 Å². The van der Waals surface area contributed by atoms with E-state index in [-0.39, 0.29) is 21.3 Å². The normalized spacial score (nSPS) is 22.6. The summed E-state index contributed by atoms with van der Waals surface area (Å²) >= 11 is 7.82. The molecule has 66 heavy (non-hydrogen) atoms. The number of rotatable bonds is 26. The standard InChI is InChI=1S/C58H72N2O2S4/c1-5-9-13-17-35-57(37-33-49(65-57)47-23-21-41-63-47)45-29-25-43(26-30-45)53-51-52(56(62)59(53)39-19-15-11-7-3)54(60(55(51)61)40-20-16-12-8-4)44-27-31-46(32-28-44)58(36-18-14-10-6-2)38-34-50(66-58)48-24-22-42-64-48/h21-34,37-38,41-42,49-50H,5-20,35-36,39-40H2,1-4H3. The van der Waals surface area contributed by atoms with Crippen molar-refractivity contribution in [1.82, 2.24) is 9.80 Å². The molecule has 6 heterocycles. The van der Waals surface area contributed by atoms with E-state index < -0.39 is 0 Å². The molecule has 0 spiro atoms. The van der Waals surface area contributed by atoms with E-state index in [9.17, 15) is 0 Å². The van der Waals surface area contributed by atoms with E-state index in [1.165, 1.54) is 72.2 Å². The second kappa shape index (κ2) is 23.2. The number of benzene rings is 2.